The number of alkyl halides is 1. The molecule has 0 saturated carbocycles. The van der Waals surface area contributed by atoms with Crippen LogP contribution in [-0.4, -0.2) is 31.9 Å². The number of allylic oxidation sites excluding steroid dienone is 3. The number of aliphatic carboxylic acids is 1. The molecule has 1 atom stereocenters. The van der Waals surface area contributed by atoms with Gasteiger partial charge in [-0.1, -0.05) is 12.2 Å². The van der Waals surface area contributed by atoms with Gasteiger partial charge in [-0.05, 0) is 18.2 Å². The molecule has 2 aromatic heterocycles. The van der Waals surface area contributed by atoms with Gasteiger partial charge in [-0.3, -0.25) is 10.1 Å². The van der Waals surface area contributed by atoms with Crippen LogP contribution in [0.15, 0.2) is 36.6 Å². The lowest BCUT2D eigenvalue weighted by Gasteiger charge is -2.18. The quantitative estimate of drug-likeness (QED) is 0.865. The van der Waals surface area contributed by atoms with Gasteiger partial charge in [0.15, 0.2) is 0 Å². The van der Waals surface area contributed by atoms with Crippen LogP contribution >= 0.6 is 0 Å². The van der Waals surface area contributed by atoms with Crippen LogP contribution < -0.4 is 0 Å². The summed E-state index contributed by atoms with van der Waals surface area (Å²) >= 11 is 0. The lowest BCUT2D eigenvalue weighted by atomic mass is 9.92. The van der Waals surface area contributed by atoms with Gasteiger partial charge in [0.1, 0.15) is 11.2 Å². The Morgan fingerprint density at radius 3 is 3.05 bits per heavy atom. The van der Waals surface area contributed by atoms with Gasteiger partial charge in [0.05, 0.1) is 5.52 Å². The van der Waals surface area contributed by atoms with Crippen LogP contribution in [0.25, 0.3) is 16.6 Å². The molecule has 3 rings (SSSR count). The van der Waals surface area contributed by atoms with Crippen LogP contribution in [0.2, 0.25) is 0 Å². The highest BCUT2D eigenvalue weighted by Gasteiger charge is 2.36. The molecule has 0 amide bonds. The summed E-state index contributed by atoms with van der Waals surface area (Å²) in [6.07, 6.45) is 5.44. The molecule has 1 unspecified atom stereocenters. The third kappa shape index (κ3) is 1.81. The fraction of sp³-hybridized carbons (Fsp3) is 0.154. The minimum Gasteiger partial charge on any atom is -0.479 e. The first kappa shape index (κ1) is 11.6. The van der Waals surface area contributed by atoms with Crippen molar-refractivity contribution >= 4 is 22.6 Å². The average molecular weight is 259 g/mol. The minimum absolute atomic E-state index is 0.213. The van der Waals surface area contributed by atoms with E-state index in [4.69, 9.17) is 5.11 Å². The zero-order valence-electron chi connectivity index (χ0n) is 9.80. The highest BCUT2D eigenvalue weighted by Crippen LogP contribution is 2.31. The van der Waals surface area contributed by atoms with E-state index in [1.165, 1.54) is 12.2 Å². The monoisotopic (exact) mass is 259 g/mol. The van der Waals surface area contributed by atoms with E-state index in [0.29, 0.717) is 16.8 Å². The average Bonchev–Trinajstić information content (AvgIpc) is 2.83. The summed E-state index contributed by atoms with van der Waals surface area (Å²) in [5.41, 5.74) is 0.393. The summed E-state index contributed by atoms with van der Waals surface area (Å²) in [7, 11) is 0. The molecule has 96 valence electrons. The SMILES string of the molecule is O=C(O)C1(F)C=CC(c2n[nH]c3cccnc23)=CC1. The van der Waals surface area contributed by atoms with Gasteiger partial charge in [0, 0.05) is 18.2 Å². The van der Waals surface area contributed by atoms with Crippen LogP contribution in [0.5, 0.6) is 0 Å². The predicted octanol–water partition coefficient (Wildman–Crippen LogP) is 2.09. The van der Waals surface area contributed by atoms with Gasteiger partial charge >= 0.3 is 5.97 Å². The second-order valence-electron chi connectivity index (χ2n) is 4.34. The topological polar surface area (TPSA) is 78.9 Å². The Morgan fingerprint density at radius 1 is 1.53 bits per heavy atom. The minimum atomic E-state index is -2.33. The molecule has 2 heterocycles. The van der Waals surface area contributed by atoms with Gasteiger partial charge in [-0.15, -0.1) is 0 Å². The second kappa shape index (κ2) is 4.01. The number of carbonyl (C=O) groups is 1. The van der Waals surface area contributed by atoms with E-state index in [0.717, 1.165) is 11.6 Å². The van der Waals surface area contributed by atoms with E-state index in [9.17, 15) is 9.18 Å². The zero-order valence-corrected chi connectivity index (χ0v) is 9.80. The fourth-order valence-electron chi connectivity index (χ4n) is 2.01. The predicted molar refractivity (Wildman–Crippen MR) is 67.1 cm³/mol. The van der Waals surface area contributed by atoms with Crippen molar-refractivity contribution in [3.8, 4) is 0 Å². The third-order valence-corrected chi connectivity index (χ3v) is 3.10. The number of hydrogen-bond donors (Lipinski definition) is 2. The molecule has 0 aromatic carbocycles. The fourth-order valence-corrected chi connectivity index (χ4v) is 2.01. The van der Waals surface area contributed by atoms with Crippen molar-refractivity contribution in [2.45, 2.75) is 12.1 Å². The first-order valence-corrected chi connectivity index (χ1v) is 5.71. The molecule has 0 spiro atoms. The first-order chi connectivity index (χ1) is 9.10. The molecule has 0 radical (unpaired) electrons. The van der Waals surface area contributed by atoms with E-state index >= 15 is 0 Å². The number of halogens is 1. The van der Waals surface area contributed by atoms with Gasteiger partial charge in [0.25, 0.3) is 0 Å². The number of nitrogens with zero attached hydrogens (tertiary/aromatic N) is 2. The van der Waals surface area contributed by atoms with Crippen molar-refractivity contribution in [3.63, 3.8) is 0 Å². The lowest BCUT2D eigenvalue weighted by Crippen LogP contribution is -2.31. The molecule has 2 N–H and O–H groups in total. The van der Waals surface area contributed by atoms with Crippen molar-refractivity contribution in [2.75, 3.05) is 0 Å². The Morgan fingerprint density at radius 2 is 2.37 bits per heavy atom. The molecular weight excluding hydrogens is 249 g/mol. The maximum Gasteiger partial charge on any atom is 0.345 e. The van der Waals surface area contributed by atoms with E-state index < -0.39 is 11.6 Å². The maximum atomic E-state index is 13.8. The summed E-state index contributed by atoms with van der Waals surface area (Å²) in [4.78, 5) is 15.0. The molecule has 1 aliphatic carbocycles. The van der Waals surface area contributed by atoms with Crippen molar-refractivity contribution in [3.05, 3.63) is 42.3 Å². The molecule has 2 aromatic rings. The second-order valence-corrected chi connectivity index (χ2v) is 4.34. The largest absolute Gasteiger partial charge is 0.479 e. The van der Waals surface area contributed by atoms with Crippen molar-refractivity contribution < 1.29 is 14.3 Å². The Labute approximate surface area is 107 Å². The Balaban J connectivity index is 2.00. The molecule has 5 nitrogen and oxygen atoms in total. The van der Waals surface area contributed by atoms with Gasteiger partial charge in [-0.2, -0.15) is 5.10 Å². The standard InChI is InChI=1S/C13H10FN3O2/c14-13(12(18)19)5-3-8(4-6-13)10-11-9(16-17-10)2-1-7-15-11/h1-5,7H,6H2,(H,16,17)(H,18,19). The molecular formula is C13H10FN3O2. The van der Waals surface area contributed by atoms with Crippen molar-refractivity contribution in [2.24, 2.45) is 0 Å². The van der Waals surface area contributed by atoms with Crippen LogP contribution in [0.4, 0.5) is 4.39 Å². The van der Waals surface area contributed by atoms with Crippen LogP contribution in [-0.2, 0) is 4.79 Å². The summed E-state index contributed by atoms with van der Waals surface area (Å²) in [5, 5.41) is 15.8. The molecule has 1 aliphatic rings. The van der Waals surface area contributed by atoms with Gasteiger partial charge in [-0.25, -0.2) is 9.18 Å². The molecule has 0 aliphatic heterocycles. The molecule has 0 saturated heterocycles. The molecule has 0 fully saturated rings. The molecule has 0 bridgehead atoms. The van der Waals surface area contributed by atoms with Crippen molar-refractivity contribution in [1.82, 2.24) is 15.2 Å². The zero-order chi connectivity index (χ0) is 13.5. The van der Waals surface area contributed by atoms with Gasteiger partial charge in [0.2, 0.25) is 5.67 Å². The summed E-state index contributed by atoms with van der Waals surface area (Å²) in [6, 6.07) is 3.62. The highest BCUT2D eigenvalue weighted by atomic mass is 19.1. The van der Waals surface area contributed by atoms with E-state index in [2.05, 4.69) is 15.2 Å². The van der Waals surface area contributed by atoms with Crippen LogP contribution in [0.3, 0.4) is 0 Å². The Kier molecular flexibility index (Phi) is 2.45. The van der Waals surface area contributed by atoms with Gasteiger partial charge < -0.3 is 5.11 Å². The summed E-state index contributed by atoms with van der Waals surface area (Å²) in [5.74, 6) is -1.48. The normalized spacial score (nSPS) is 22.5. The first-order valence-electron chi connectivity index (χ1n) is 5.71. The van der Waals surface area contributed by atoms with E-state index in [1.54, 1.807) is 12.3 Å². The van der Waals surface area contributed by atoms with Crippen LogP contribution in [0, 0.1) is 0 Å². The number of carboxylic acid groups (broad SMARTS) is 1. The smallest absolute Gasteiger partial charge is 0.345 e. The summed E-state index contributed by atoms with van der Waals surface area (Å²) < 4.78 is 13.8. The maximum absolute atomic E-state index is 13.8. The Bertz CT molecular complexity index is 720. The Hall–Kier alpha value is -2.50. The number of hydrogen-bond acceptors (Lipinski definition) is 3. The number of H-pyrrole nitrogens is 1. The highest BCUT2D eigenvalue weighted by molar-refractivity contribution is 5.92. The van der Waals surface area contributed by atoms with Crippen molar-refractivity contribution in [1.29, 1.82) is 0 Å². The van der Waals surface area contributed by atoms with E-state index in [-0.39, 0.29) is 6.42 Å². The number of nitrogens with one attached hydrogen (secondary N) is 1. The number of rotatable bonds is 2. The van der Waals surface area contributed by atoms with Crippen LogP contribution in [0.1, 0.15) is 12.1 Å². The number of fused-ring (bicyclic) bond motifs is 1. The number of aromatic amines is 1. The number of pyridine rings is 1. The molecule has 19 heavy (non-hydrogen) atoms. The lowest BCUT2D eigenvalue weighted by molar-refractivity contribution is -0.147. The van der Waals surface area contributed by atoms with E-state index in [1.807, 2.05) is 6.07 Å². The number of carboxylic acids is 1. The number of aromatic nitrogens is 3. The molecule has 6 heteroatoms. The third-order valence-electron chi connectivity index (χ3n) is 3.10. The summed E-state index contributed by atoms with van der Waals surface area (Å²) in [6.45, 7) is 0.